The van der Waals surface area contributed by atoms with Crippen LogP contribution in [0.25, 0.3) is 0 Å². The zero-order chi connectivity index (χ0) is 14.8. The minimum Gasteiger partial charge on any atom is -0.496 e. The summed E-state index contributed by atoms with van der Waals surface area (Å²) in [4.78, 5) is 14.6. The summed E-state index contributed by atoms with van der Waals surface area (Å²) in [6.45, 7) is 5.76. The Balaban J connectivity index is 2.19. The van der Waals surface area contributed by atoms with Crippen molar-refractivity contribution in [2.75, 3.05) is 27.2 Å². The Labute approximate surface area is 121 Å². The van der Waals surface area contributed by atoms with Crippen molar-refractivity contribution >= 4 is 5.91 Å². The molecule has 4 heteroatoms. The van der Waals surface area contributed by atoms with Crippen LogP contribution in [-0.4, -0.2) is 38.1 Å². The molecule has 1 heterocycles. The van der Waals surface area contributed by atoms with Crippen molar-refractivity contribution in [2.45, 2.75) is 26.3 Å². The molecule has 1 aromatic carbocycles. The fraction of sp³-hybridized carbons (Fsp3) is 0.562. The molecule has 0 saturated carbocycles. The van der Waals surface area contributed by atoms with E-state index in [1.807, 2.05) is 50.1 Å². The summed E-state index contributed by atoms with van der Waals surface area (Å²) >= 11 is 0. The van der Waals surface area contributed by atoms with Gasteiger partial charge in [0.05, 0.1) is 18.6 Å². The molecule has 2 unspecified atom stereocenters. The van der Waals surface area contributed by atoms with Gasteiger partial charge in [0.25, 0.3) is 0 Å². The lowest BCUT2D eigenvalue weighted by atomic mass is 9.87. The molecular weight excluding hydrogens is 252 g/mol. The Morgan fingerprint density at radius 3 is 2.75 bits per heavy atom. The molecule has 1 aliphatic heterocycles. The quantitative estimate of drug-likeness (QED) is 0.917. The first-order valence-corrected chi connectivity index (χ1v) is 7.10. The largest absolute Gasteiger partial charge is 0.496 e. The highest BCUT2D eigenvalue weighted by Gasteiger charge is 2.39. The highest BCUT2D eigenvalue weighted by Crippen LogP contribution is 2.33. The van der Waals surface area contributed by atoms with Crippen LogP contribution in [0.1, 0.15) is 31.9 Å². The molecule has 1 saturated heterocycles. The normalized spacial score (nSPS) is 23.4. The second-order valence-electron chi connectivity index (χ2n) is 5.82. The second-order valence-corrected chi connectivity index (χ2v) is 5.82. The first kappa shape index (κ1) is 14.9. The molecule has 2 atom stereocenters. The number of nitrogens with zero attached hydrogens (tertiary/aromatic N) is 1. The van der Waals surface area contributed by atoms with Gasteiger partial charge in [0, 0.05) is 19.2 Å². The van der Waals surface area contributed by atoms with Gasteiger partial charge in [0.1, 0.15) is 5.75 Å². The van der Waals surface area contributed by atoms with Gasteiger partial charge in [0.15, 0.2) is 0 Å². The zero-order valence-electron chi connectivity index (χ0n) is 12.8. The second kappa shape index (κ2) is 5.83. The van der Waals surface area contributed by atoms with Crippen LogP contribution in [-0.2, 0) is 4.79 Å². The Bertz CT molecular complexity index is 481. The molecule has 4 nitrogen and oxygen atoms in total. The number of rotatable bonds is 4. The SMILES string of the molecule is COc1ccccc1C(C)N(C)C(=O)C1(C)CCNC1. The smallest absolute Gasteiger partial charge is 0.230 e. The molecule has 1 N–H and O–H groups in total. The summed E-state index contributed by atoms with van der Waals surface area (Å²) in [5.74, 6) is 1.02. The van der Waals surface area contributed by atoms with E-state index in [2.05, 4.69) is 5.32 Å². The maximum absolute atomic E-state index is 12.7. The van der Waals surface area contributed by atoms with E-state index in [1.54, 1.807) is 7.11 Å². The number of carbonyl (C=O) groups is 1. The molecule has 1 aliphatic rings. The van der Waals surface area contributed by atoms with Crippen molar-refractivity contribution in [1.29, 1.82) is 0 Å². The van der Waals surface area contributed by atoms with E-state index < -0.39 is 0 Å². The van der Waals surface area contributed by atoms with Crippen molar-refractivity contribution < 1.29 is 9.53 Å². The van der Waals surface area contributed by atoms with Crippen LogP contribution in [0.2, 0.25) is 0 Å². The van der Waals surface area contributed by atoms with Crippen LogP contribution < -0.4 is 10.1 Å². The molecule has 2 rings (SSSR count). The maximum atomic E-state index is 12.7. The Morgan fingerprint density at radius 2 is 2.15 bits per heavy atom. The van der Waals surface area contributed by atoms with Crippen LogP contribution in [0.3, 0.4) is 0 Å². The monoisotopic (exact) mass is 276 g/mol. The maximum Gasteiger partial charge on any atom is 0.230 e. The lowest BCUT2D eigenvalue weighted by Gasteiger charge is -2.33. The lowest BCUT2D eigenvalue weighted by Crippen LogP contribution is -2.42. The summed E-state index contributed by atoms with van der Waals surface area (Å²) in [5, 5.41) is 3.28. The highest BCUT2D eigenvalue weighted by atomic mass is 16.5. The number of benzene rings is 1. The van der Waals surface area contributed by atoms with Gasteiger partial charge in [-0.1, -0.05) is 18.2 Å². The van der Waals surface area contributed by atoms with Gasteiger partial charge >= 0.3 is 0 Å². The lowest BCUT2D eigenvalue weighted by molar-refractivity contribution is -0.140. The Kier molecular flexibility index (Phi) is 4.33. The van der Waals surface area contributed by atoms with Crippen LogP contribution in [0.4, 0.5) is 0 Å². The highest BCUT2D eigenvalue weighted by molar-refractivity contribution is 5.83. The standard InChI is InChI=1S/C16H24N2O2/c1-12(13-7-5-6-8-14(13)20-4)18(3)15(19)16(2)9-10-17-11-16/h5-8,12,17H,9-11H2,1-4H3. The van der Waals surface area contributed by atoms with E-state index in [0.717, 1.165) is 30.8 Å². The summed E-state index contributed by atoms with van der Waals surface area (Å²) in [7, 11) is 3.54. The fourth-order valence-electron chi connectivity index (χ4n) is 2.82. The van der Waals surface area contributed by atoms with Gasteiger partial charge in [-0.25, -0.2) is 0 Å². The first-order chi connectivity index (χ1) is 9.49. The molecule has 0 bridgehead atoms. The first-order valence-electron chi connectivity index (χ1n) is 7.10. The summed E-state index contributed by atoms with van der Waals surface area (Å²) in [5.41, 5.74) is 0.755. The van der Waals surface area contributed by atoms with E-state index >= 15 is 0 Å². The summed E-state index contributed by atoms with van der Waals surface area (Å²) < 4.78 is 5.40. The van der Waals surface area contributed by atoms with Crippen molar-refractivity contribution in [1.82, 2.24) is 10.2 Å². The van der Waals surface area contributed by atoms with Crippen LogP contribution in [0, 0.1) is 5.41 Å². The van der Waals surface area contributed by atoms with Gasteiger partial charge in [-0.2, -0.15) is 0 Å². The van der Waals surface area contributed by atoms with Crippen molar-refractivity contribution in [2.24, 2.45) is 5.41 Å². The molecule has 0 spiro atoms. The van der Waals surface area contributed by atoms with Gasteiger partial charge in [-0.3, -0.25) is 4.79 Å². The van der Waals surface area contributed by atoms with E-state index in [0.29, 0.717) is 0 Å². The molecule has 20 heavy (non-hydrogen) atoms. The Morgan fingerprint density at radius 1 is 1.45 bits per heavy atom. The zero-order valence-corrected chi connectivity index (χ0v) is 12.8. The van der Waals surface area contributed by atoms with E-state index in [9.17, 15) is 4.79 Å². The molecule has 110 valence electrons. The van der Waals surface area contributed by atoms with Crippen LogP contribution in [0.5, 0.6) is 5.75 Å². The molecule has 0 radical (unpaired) electrons. The predicted octanol–water partition coefficient (Wildman–Crippen LogP) is 2.21. The van der Waals surface area contributed by atoms with E-state index in [4.69, 9.17) is 4.74 Å². The minimum absolute atomic E-state index is 0.00363. The van der Waals surface area contributed by atoms with Crippen molar-refractivity contribution in [3.05, 3.63) is 29.8 Å². The summed E-state index contributed by atoms with van der Waals surface area (Å²) in [6.07, 6.45) is 0.898. The van der Waals surface area contributed by atoms with Crippen LogP contribution in [0.15, 0.2) is 24.3 Å². The number of para-hydroxylation sites is 1. The molecule has 0 aliphatic carbocycles. The number of hydrogen-bond donors (Lipinski definition) is 1. The van der Waals surface area contributed by atoms with Crippen molar-refractivity contribution in [3.63, 3.8) is 0 Å². The number of nitrogens with one attached hydrogen (secondary N) is 1. The summed E-state index contributed by atoms with van der Waals surface area (Å²) in [6, 6.07) is 7.87. The number of methoxy groups -OCH3 is 1. The minimum atomic E-state index is -0.287. The molecule has 0 aromatic heterocycles. The van der Waals surface area contributed by atoms with Crippen LogP contribution >= 0.6 is 0 Å². The fourth-order valence-corrected chi connectivity index (χ4v) is 2.82. The van der Waals surface area contributed by atoms with Crippen molar-refractivity contribution in [3.8, 4) is 5.75 Å². The average Bonchev–Trinajstić information content (AvgIpc) is 2.93. The third kappa shape index (κ3) is 2.66. The Hall–Kier alpha value is -1.55. The number of amides is 1. The third-order valence-electron chi connectivity index (χ3n) is 4.38. The van der Waals surface area contributed by atoms with Gasteiger partial charge in [-0.15, -0.1) is 0 Å². The molecule has 1 amide bonds. The molecule has 1 fully saturated rings. The van der Waals surface area contributed by atoms with Gasteiger partial charge in [-0.05, 0) is 32.9 Å². The van der Waals surface area contributed by atoms with E-state index in [-0.39, 0.29) is 17.4 Å². The number of ether oxygens (including phenoxy) is 1. The van der Waals surface area contributed by atoms with Gasteiger partial charge in [0.2, 0.25) is 5.91 Å². The number of carbonyl (C=O) groups excluding carboxylic acids is 1. The number of hydrogen-bond acceptors (Lipinski definition) is 3. The average molecular weight is 276 g/mol. The molecule has 1 aromatic rings. The van der Waals surface area contributed by atoms with Gasteiger partial charge < -0.3 is 15.0 Å². The third-order valence-corrected chi connectivity index (χ3v) is 4.38. The molecular formula is C16H24N2O2. The topological polar surface area (TPSA) is 41.6 Å². The van der Waals surface area contributed by atoms with E-state index in [1.165, 1.54) is 0 Å². The predicted molar refractivity (Wildman–Crippen MR) is 79.8 cm³/mol.